The summed E-state index contributed by atoms with van der Waals surface area (Å²) in [4.78, 5) is 18.2. The molecule has 2 aromatic heterocycles. The molecule has 1 aliphatic rings. The standard InChI is InChI=1S/C15H10N6O2S/c22-21(23)13-6-9(3-4-17-13)14-19-20-15(24-14)18-12-2-1-10-7-16-8-11(10)5-12/h1-6,8H,7H2,(H,18,20). The molecule has 4 rings (SSSR count). The molecule has 0 spiro atoms. The van der Waals surface area contributed by atoms with Crippen LogP contribution in [-0.2, 0) is 6.54 Å². The third kappa shape index (κ3) is 2.72. The van der Waals surface area contributed by atoms with Gasteiger partial charge in [-0.2, -0.15) is 0 Å². The van der Waals surface area contributed by atoms with Crippen molar-refractivity contribution in [3.63, 3.8) is 0 Å². The molecular formula is C15H10N6O2S. The number of nitrogens with one attached hydrogen (secondary N) is 1. The van der Waals surface area contributed by atoms with E-state index >= 15 is 0 Å². The van der Waals surface area contributed by atoms with Gasteiger partial charge < -0.3 is 15.4 Å². The van der Waals surface area contributed by atoms with Gasteiger partial charge in [-0.15, -0.1) is 10.2 Å². The molecule has 8 nitrogen and oxygen atoms in total. The van der Waals surface area contributed by atoms with Crippen LogP contribution in [0.1, 0.15) is 11.1 Å². The number of aliphatic imine (C=N–C) groups is 1. The maximum atomic E-state index is 10.8. The van der Waals surface area contributed by atoms with Crippen LogP contribution in [0.15, 0.2) is 41.5 Å². The highest BCUT2D eigenvalue weighted by Crippen LogP contribution is 2.30. The van der Waals surface area contributed by atoms with E-state index < -0.39 is 4.92 Å². The minimum atomic E-state index is -0.532. The van der Waals surface area contributed by atoms with Gasteiger partial charge in [0, 0.05) is 23.5 Å². The zero-order valence-corrected chi connectivity index (χ0v) is 13.0. The first-order chi connectivity index (χ1) is 11.7. The van der Waals surface area contributed by atoms with Crippen LogP contribution in [0, 0.1) is 10.1 Å². The summed E-state index contributed by atoms with van der Waals surface area (Å²) in [5.41, 5.74) is 3.80. The second-order valence-corrected chi connectivity index (χ2v) is 6.06. The summed E-state index contributed by atoms with van der Waals surface area (Å²) in [6.45, 7) is 0.722. The summed E-state index contributed by atoms with van der Waals surface area (Å²) < 4.78 is 0. The third-order valence-electron chi connectivity index (χ3n) is 3.49. The summed E-state index contributed by atoms with van der Waals surface area (Å²) in [6, 6.07) is 9.05. The maximum absolute atomic E-state index is 10.8. The van der Waals surface area contributed by atoms with E-state index in [0.29, 0.717) is 15.7 Å². The summed E-state index contributed by atoms with van der Waals surface area (Å²) in [5, 5.41) is 23.4. The van der Waals surface area contributed by atoms with Crippen molar-refractivity contribution in [3.05, 3.63) is 57.8 Å². The topological polar surface area (TPSA) is 106 Å². The number of fused-ring (bicyclic) bond motifs is 1. The van der Waals surface area contributed by atoms with Crippen molar-refractivity contribution < 1.29 is 4.92 Å². The molecule has 0 saturated carbocycles. The number of hydrogen-bond acceptors (Lipinski definition) is 8. The third-order valence-corrected chi connectivity index (χ3v) is 4.38. The molecule has 1 aromatic carbocycles. The summed E-state index contributed by atoms with van der Waals surface area (Å²) in [6.07, 6.45) is 3.24. The van der Waals surface area contributed by atoms with Crippen LogP contribution in [-0.4, -0.2) is 26.3 Å². The second-order valence-electron chi connectivity index (χ2n) is 5.08. The van der Waals surface area contributed by atoms with E-state index in [9.17, 15) is 10.1 Å². The number of pyridine rings is 1. The highest BCUT2D eigenvalue weighted by Gasteiger charge is 2.13. The molecule has 118 valence electrons. The quantitative estimate of drug-likeness (QED) is 0.578. The SMILES string of the molecule is O=[N+]([O-])c1cc(-c2nnc(Nc3ccc4c(c3)C=NC4)s2)ccn1. The Morgan fingerprint density at radius 2 is 2.12 bits per heavy atom. The van der Waals surface area contributed by atoms with Crippen LogP contribution in [0.5, 0.6) is 0 Å². The predicted octanol–water partition coefficient (Wildman–Crippen LogP) is 3.18. The average Bonchev–Trinajstić information content (AvgIpc) is 3.24. The van der Waals surface area contributed by atoms with Crippen LogP contribution in [0.2, 0.25) is 0 Å². The number of nitro groups is 1. The Bertz CT molecular complexity index is 968. The van der Waals surface area contributed by atoms with E-state index in [4.69, 9.17) is 0 Å². The molecule has 0 atom stereocenters. The Morgan fingerprint density at radius 1 is 1.21 bits per heavy atom. The number of benzene rings is 1. The van der Waals surface area contributed by atoms with Crippen molar-refractivity contribution in [2.24, 2.45) is 4.99 Å². The molecule has 1 N–H and O–H groups in total. The zero-order chi connectivity index (χ0) is 16.5. The van der Waals surface area contributed by atoms with Crippen molar-refractivity contribution in [1.82, 2.24) is 15.2 Å². The molecule has 24 heavy (non-hydrogen) atoms. The fraction of sp³-hybridized carbons (Fsp3) is 0.0667. The Kier molecular flexibility index (Phi) is 3.47. The predicted molar refractivity (Wildman–Crippen MR) is 90.8 cm³/mol. The van der Waals surface area contributed by atoms with Gasteiger partial charge >= 0.3 is 5.82 Å². The molecule has 0 aliphatic carbocycles. The molecule has 0 amide bonds. The van der Waals surface area contributed by atoms with Crippen molar-refractivity contribution in [1.29, 1.82) is 0 Å². The number of nitrogens with zero attached hydrogens (tertiary/aromatic N) is 5. The van der Waals surface area contributed by atoms with E-state index in [1.165, 1.54) is 29.2 Å². The first-order valence-corrected chi connectivity index (χ1v) is 7.85. The maximum Gasteiger partial charge on any atom is 0.364 e. The Morgan fingerprint density at radius 3 is 3.00 bits per heavy atom. The van der Waals surface area contributed by atoms with E-state index in [-0.39, 0.29) is 5.82 Å². The van der Waals surface area contributed by atoms with Gasteiger partial charge in [0.25, 0.3) is 0 Å². The molecule has 0 bridgehead atoms. The monoisotopic (exact) mass is 338 g/mol. The molecular weight excluding hydrogens is 328 g/mol. The van der Waals surface area contributed by atoms with Crippen molar-refractivity contribution in [3.8, 4) is 10.6 Å². The average molecular weight is 338 g/mol. The lowest BCUT2D eigenvalue weighted by Crippen LogP contribution is -1.92. The molecule has 1 aliphatic heterocycles. The van der Waals surface area contributed by atoms with Crippen LogP contribution < -0.4 is 5.32 Å². The van der Waals surface area contributed by atoms with E-state index in [1.54, 1.807) is 6.07 Å². The van der Waals surface area contributed by atoms with E-state index in [1.807, 2.05) is 24.4 Å². The summed E-state index contributed by atoms with van der Waals surface area (Å²) in [5.74, 6) is -0.213. The molecule has 9 heteroatoms. The highest BCUT2D eigenvalue weighted by molar-refractivity contribution is 7.18. The molecule has 3 heterocycles. The van der Waals surface area contributed by atoms with Gasteiger partial charge in [-0.05, 0) is 39.2 Å². The Labute approximate surface area is 140 Å². The van der Waals surface area contributed by atoms with Gasteiger partial charge in [0.2, 0.25) is 5.13 Å². The van der Waals surface area contributed by atoms with Crippen molar-refractivity contribution in [2.75, 3.05) is 5.32 Å². The normalized spacial score (nSPS) is 12.2. The molecule has 0 radical (unpaired) electrons. The fourth-order valence-electron chi connectivity index (χ4n) is 2.34. The summed E-state index contributed by atoms with van der Waals surface area (Å²) in [7, 11) is 0. The Balaban J connectivity index is 1.58. The van der Waals surface area contributed by atoms with Gasteiger partial charge in [0.1, 0.15) is 11.2 Å². The van der Waals surface area contributed by atoms with Crippen LogP contribution in [0.4, 0.5) is 16.6 Å². The lowest BCUT2D eigenvalue weighted by molar-refractivity contribution is -0.389. The summed E-state index contributed by atoms with van der Waals surface area (Å²) >= 11 is 1.32. The van der Waals surface area contributed by atoms with E-state index in [0.717, 1.165) is 17.8 Å². The first-order valence-electron chi connectivity index (χ1n) is 7.03. The first kappa shape index (κ1) is 14.4. The fourth-order valence-corrected chi connectivity index (χ4v) is 3.10. The zero-order valence-electron chi connectivity index (χ0n) is 12.2. The highest BCUT2D eigenvalue weighted by atomic mass is 32.1. The van der Waals surface area contributed by atoms with Gasteiger partial charge in [-0.25, -0.2) is 0 Å². The number of anilines is 2. The van der Waals surface area contributed by atoms with Crippen LogP contribution in [0.3, 0.4) is 0 Å². The smallest absolute Gasteiger partial charge is 0.358 e. The van der Waals surface area contributed by atoms with Gasteiger partial charge in [-0.3, -0.25) is 4.99 Å². The number of aromatic nitrogens is 3. The van der Waals surface area contributed by atoms with Crippen LogP contribution in [0.25, 0.3) is 10.6 Å². The van der Waals surface area contributed by atoms with Gasteiger partial charge in [0.05, 0.1) is 6.54 Å². The lowest BCUT2D eigenvalue weighted by atomic mass is 10.1. The largest absolute Gasteiger partial charge is 0.364 e. The molecule has 0 fully saturated rings. The van der Waals surface area contributed by atoms with Crippen molar-refractivity contribution in [2.45, 2.75) is 6.54 Å². The molecule has 0 saturated heterocycles. The van der Waals surface area contributed by atoms with Crippen molar-refractivity contribution >= 4 is 34.2 Å². The minimum Gasteiger partial charge on any atom is -0.358 e. The second kappa shape index (κ2) is 5.78. The number of rotatable bonds is 4. The van der Waals surface area contributed by atoms with Crippen LogP contribution >= 0.6 is 11.3 Å². The molecule has 0 unspecified atom stereocenters. The lowest BCUT2D eigenvalue weighted by Gasteiger charge is -2.03. The number of hydrogen-bond donors (Lipinski definition) is 1. The van der Waals surface area contributed by atoms with Gasteiger partial charge in [-0.1, -0.05) is 17.4 Å². The van der Waals surface area contributed by atoms with Gasteiger partial charge in [0.15, 0.2) is 0 Å². The Hall–Kier alpha value is -3.20. The molecule has 3 aromatic rings. The van der Waals surface area contributed by atoms with E-state index in [2.05, 4.69) is 25.5 Å². The minimum absolute atomic E-state index is 0.213.